The Bertz CT molecular complexity index is 1420. The maximum Gasteiger partial charge on any atom is 0.306 e. The summed E-state index contributed by atoms with van der Waals surface area (Å²) in [5, 5.41) is 11.5. The second-order valence-corrected chi connectivity index (χ2v) is 6.98. The van der Waals surface area contributed by atoms with Crippen LogP contribution in [0.5, 0.6) is 11.5 Å². The molecule has 0 spiro atoms. The molecule has 2 heterocycles. The molecule has 0 fully saturated rings. The number of rotatable bonds is 5. The quantitative estimate of drug-likeness (QED) is 0.475. The van der Waals surface area contributed by atoms with Crippen molar-refractivity contribution < 1.29 is 23.8 Å². The van der Waals surface area contributed by atoms with Gasteiger partial charge >= 0.3 is 5.97 Å². The molecule has 2 aromatic carbocycles. The minimum Gasteiger partial charge on any atom is -0.502 e. The van der Waals surface area contributed by atoms with Gasteiger partial charge in [-0.2, -0.15) is 0 Å². The SMILES string of the molecule is COC(=O)C[C@H](c1oc2ccccc2c(=O)c1O)c1cc2ccc(OC)cc2[nH]c1=O. The Kier molecular flexibility index (Phi) is 5.21. The molecule has 0 radical (unpaired) electrons. The number of aromatic nitrogens is 1. The first kappa shape index (κ1) is 20.2. The molecule has 0 unspecified atom stereocenters. The van der Waals surface area contributed by atoms with Gasteiger partial charge in [-0.15, -0.1) is 0 Å². The van der Waals surface area contributed by atoms with E-state index < -0.39 is 28.6 Å². The normalized spacial score (nSPS) is 12.1. The fourth-order valence-electron chi connectivity index (χ4n) is 3.56. The number of para-hydroxylation sites is 1. The summed E-state index contributed by atoms with van der Waals surface area (Å²) in [5.74, 6) is -1.93. The number of aromatic hydroxyl groups is 1. The van der Waals surface area contributed by atoms with Gasteiger partial charge in [0.05, 0.1) is 37.5 Å². The molecule has 2 N–H and O–H groups in total. The molecule has 0 saturated heterocycles. The molecule has 31 heavy (non-hydrogen) atoms. The van der Waals surface area contributed by atoms with Gasteiger partial charge in [0.25, 0.3) is 5.56 Å². The van der Waals surface area contributed by atoms with Crippen molar-refractivity contribution in [2.75, 3.05) is 14.2 Å². The maximum atomic E-state index is 12.9. The van der Waals surface area contributed by atoms with Gasteiger partial charge in [0.15, 0.2) is 5.76 Å². The molecule has 0 aliphatic rings. The molecular formula is C23H19NO7. The minimum absolute atomic E-state index is 0.150. The van der Waals surface area contributed by atoms with Crippen LogP contribution < -0.4 is 15.7 Å². The molecule has 2 aromatic heterocycles. The summed E-state index contributed by atoms with van der Waals surface area (Å²) in [6, 6.07) is 13.2. The Hall–Kier alpha value is -4.07. The Balaban J connectivity index is 1.96. The molecule has 8 nitrogen and oxygen atoms in total. The fraction of sp³-hybridized carbons (Fsp3) is 0.174. The molecule has 0 aliphatic carbocycles. The van der Waals surface area contributed by atoms with Crippen LogP contribution in [-0.4, -0.2) is 30.3 Å². The number of H-pyrrole nitrogens is 1. The van der Waals surface area contributed by atoms with Crippen LogP contribution in [0, 0.1) is 0 Å². The third-order valence-corrected chi connectivity index (χ3v) is 5.17. The van der Waals surface area contributed by atoms with E-state index in [0.717, 1.165) is 0 Å². The zero-order valence-electron chi connectivity index (χ0n) is 16.8. The largest absolute Gasteiger partial charge is 0.502 e. The third-order valence-electron chi connectivity index (χ3n) is 5.17. The van der Waals surface area contributed by atoms with Gasteiger partial charge < -0.3 is 24.0 Å². The molecule has 4 aromatic rings. The van der Waals surface area contributed by atoms with E-state index in [4.69, 9.17) is 13.9 Å². The highest BCUT2D eigenvalue weighted by Crippen LogP contribution is 2.34. The van der Waals surface area contributed by atoms with Crippen molar-refractivity contribution >= 4 is 27.8 Å². The van der Waals surface area contributed by atoms with Crippen molar-refractivity contribution in [2.45, 2.75) is 12.3 Å². The number of benzene rings is 2. The van der Waals surface area contributed by atoms with E-state index in [1.54, 1.807) is 42.5 Å². The van der Waals surface area contributed by atoms with Crippen molar-refractivity contribution in [1.29, 1.82) is 0 Å². The molecule has 4 rings (SSSR count). The standard InChI is InChI=1S/C23H19NO7/c1-29-13-8-7-12-9-16(23(28)24-17(12)10-13)15(11-19(25)30-2)22-21(27)20(26)14-5-3-4-6-18(14)31-22/h3-10,15,27H,11H2,1-2H3,(H,24,28)/t15-/m0/s1. The van der Waals surface area contributed by atoms with Crippen LogP contribution in [0.4, 0.5) is 0 Å². The number of hydrogen-bond donors (Lipinski definition) is 2. The number of esters is 1. The van der Waals surface area contributed by atoms with Crippen molar-refractivity contribution in [2.24, 2.45) is 0 Å². The van der Waals surface area contributed by atoms with Gasteiger partial charge in [-0.05, 0) is 35.7 Å². The van der Waals surface area contributed by atoms with Gasteiger partial charge in [0.1, 0.15) is 11.3 Å². The smallest absolute Gasteiger partial charge is 0.306 e. The zero-order valence-corrected chi connectivity index (χ0v) is 16.8. The lowest BCUT2D eigenvalue weighted by Crippen LogP contribution is -2.21. The van der Waals surface area contributed by atoms with Crippen molar-refractivity contribution in [1.82, 2.24) is 4.98 Å². The van der Waals surface area contributed by atoms with Crippen LogP contribution in [0.2, 0.25) is 0 Å². The lowest BCUT2D eigenvalue weighted by atomic mass is 9.92. The van der Waals surface area contributed by atoms with Crippen molar-refractivity contribution in [3.8, 4) is 11.5 Å². The van der Waals surface area contributed by atoms with Gasteiger partial charge in [0, 0.05) is 11.6 Å². The molecule has 0 bridgehead atoms. The van der Waals surface area contributed by atoms with Crippen LogP contribution in [-0.2, 0) is 9.53 Å². The zero-order chi connectivity index (χ0) is 22.1. The van der Waals surface area contributed by atoms with E-state index in [1.807, 2.05) is 0 Å². The first-order chi connectivity index (χ1) is 14.9. The van der Waals surface area contributed by atoms with Crippen LogP contribution in [0.3, 0.4) is 0 Å². The van der Waals surface area contributed by atoms with E-state index in [0.29, 0.717) is 16.7 Å². The summed E-state index contributed by atoms with van der Waals surface area (Å²) in [4.78, 5) is 40.5. The minimum atomic E-state index is -1.04. The van der Waals surface area contributed by atoms with E-state index in [-0.39, 0.29) is 28.7 Å². The number of carbonyl (C=O) groups excluding carboxylic acids is 1. The second-order valence-electron chi connectivity index (χ2n) is 6.98. The third kappa shape index (κ3) is 3.63. The topological polar surface area (TPSA) is 119 Å². The van der Waals surface area contributed by atoms with E-state index in [1.165, 1.54) is 20.3 Å². The first-order valence-electron chi connectivity index (χ1n) is 9.45. The number of carbonyl (C=O) groups is 1. The van der Waals surface area contributed by atoms with Crippen molar-refractivity contribution in [3.63, 3.8) is 0 Å². The van der Waals surface area contributed by atoms with Crippen LogP contribution in [0.25, 0.3) is 21.9 Å². The molecule has 1 atom stereocenters. The van der Waals surface area contributed by atoms with E-state index in [9.17, 15) is 19.5 Å². The number of methoxy groups -OCH3 is 2. The lowest BCUT2D eigenvalue weighted by molar-refractivity contribution is -0.140. The highest BCUT2D eigenvalue weighted by molar-refractivity contribution is 5.82. The Morgan fingerprint density at radius 1 is 1.13 bits per heavy atom. The molecule has 0 aliphatic heterocycles. The average Bonchev–Trinajstić information content (AvgIpc) is 2.79. The molecule has 158 valence electrons. The number of hydrogen-bond acceptors (Lipinski definition) is 7. The monoisotopic (exact) mass is 421 g/mol. The van der Waals surface area contributed by atoms with Crippen LogP contribution in [0.1, 0.15) is 23.7 Å². The summed E-state index contributed by atoms with van der Waals surface area (Å²) >= 11 is 0. The fourth-order valence-corrected chi connectivity index (χ4v) is 3.56. The predicted octanol–water partition coefficient (Wildman–Crippen LogP) is 3.04. The summed E-state index contributed by atoms with van der Waals surface area (Å²) in [7, 11) is 2.73. The second kappa shape index (κ2) is 7.98. The number of fused-ring (bicyclic) bond motifs is 2. The summed E-state index contributed by atoms with van der Waals surface area (Å²) in [6.07, 6.45) is -0.309. The Morgan fingerprint density at radius 3 is 2.65 bits per heavy atom. The van der Waals surface area contributed by atoms with E-state index >= 15 is 0 Å². The number of nitrogens with one attached hydrogen (secondary N) is 1. The Labute approximate surface area is 175 Å². The number of aromatic amines is 1. The first-order valence-corrected chi connectivity index (χ1v) is 9.45. The van der Waals surface area contributed by atoms with E-state index in [2.05, 4.69) is 4.98 Å². The molecular weight excluding hydrogens is 402 g/mol. The maximum absolute atomic E-state index is 12.9. The average molecular weight is 421 g/mol. The summed E-state index contributed by atoms with van der Waals surface area (Å²) in [5.41, 5.74) is -0.221. The highest BCUT2D eigenvalue weighted by atomic mass is 16.5. The van der Waals surface area contributed by atoms with Crippen molar-refractivity contribution in [3.05, 3.63) is 80.4 Å². The van der Waals surface area contributed by atoms with Gasteiger partial charge in [0.2, 0.25) is 11.2 Å². The number of pyridine rings is 1. The lowest BCUT2D eigenvalue weighted by Gasteiger charge is -2.17. The predicted molar refractivity (Wildman–Crippen MR) is 114 cm³/mol. The van der Waals surface area contributed by atoms with Gasteiger partial charge in [-0.1, -0.05) is 12.1 Å². The molecule has 8 heteroatoms. The van der Waals surface area contributed by atoms with Crippen LogP contribution in [0.15, 0.2) is 62.5 Å². The highest BCUT2D eigenvalue weighted by Gasteiger charge is 2.29. The number of ether oxygens (including phenoxy) is 2. The van der Waals surface area contributed by atoms with Gasteiger partial charge in [-0.3, -0.25) is 14.4 Å². The Morgan fingerprint density at radius 2 is 1.90 bits per heavy atom. The molecule has 0 amide bonds. The van der Waals surface area contributed by atoms with Crippen LogP contribution >= 0.6 is 0 Å². The summed E-state index contributed by atoms with van der Waals surface area (Å²) in [6.45, 7) is 0. The molecule has 0 saturated carbocycles. The van der Waals surface area contributed by atoms with Gasteiger partial charge in [-0.25, -0.2) is 0 Å². The summed E-state index contributed by atoms with van der Waals surface area (Å²) < 4.78 is 15.8.